The molecule has 2 aromatic carbocycles. The molecule has 1 aromatic heterocycles. The molecule has 5 heteroatoms. The van der Waals surface area contributed by atoms with E-state index in [0.717, 1.165) is 18.8 Å². The summed E-state index contributed by atoms with van der Waals surface area (Å²) in [5.41, 5.74) is 5.39. The van der Waals surface area contributed by atoms with Crippen LogP contribution in [0.2, 0.25) is 0 Å². The Bertz CT molecular complexity index is 1060. The topological polar surface area (TPSA) is 41.4 Å². The molecule has 1 saturated heterocycles. The third-order valence-electron chi connectivity index (χ3n) is 6.34. The summed E-state index contributed by atoms with van der Waals surface area (Å²) in [4.78, 5) is 17.7. The lowest BCUT2D eigenvalue weighted by molar-refractivity contribution is 0.0587. The van der Waals surface area contributed by atoms with Gasteiger partial charge in [0.1, 0.15) is 5.69 Å². The van der Waals surface area contributed by atoms with E-state index in [9.17, 15) is 4.79 Å². The summed E-state index contributed by atoms with van der Waals surface area (Å²) < 4.78 is 1.73. The molecule has 5 nitrogen and oxygen atoms in total. The minimum atomic E-state index is -0.0775. The molecule has 0 saturated carbocycles. The first-order valence-corrected chi connectivity index (χ1v) is 11.4. The molecule has 32 heavy (non-hydrogen) atoms. The molecule has 1 fully saturated rings. The highest BCUT2D eigenvalue weighted by molar-refractivity contribution is 5.92. The highest BCUT2D eigenvalue weighted by Crippen LogP contribution is 2.30. The molecule has 4 rings (SSSR count). The van der Waals surface area contributed by atoms with Crippen LogP contribution < -0.4 is 0 Å². The Balaban J connectivity index is 1.52. The van der Waals surface area contributed by atoms with Crippen LogP contribution in [0.5, 0.6) is 0 Å². The van der Waals surface area contributed by atoms with Crippen molar-refractivity contribution in [3.63, 3.8) is 0 Å². The molecule has 0 spiro atoms. The van der Waals surface area contributed by atoms with Crippen LogP contribution in [0.15, 0.2) is 60.7 Å². The summed E-state index contributed by atoms with van der Waals surface area (Å²) in [5.74, 6) is 0.0711. The Morgan fingerprint density at radius 2 is 1.50 bits per heavy atom. The maximum Gasteiger partial charge on any atom is 0.272 e. The van der Waals surface area contributed by atoms with Crippen LogP contribution in [0.1, 0.15) is 59.7 Å². The van der Waals surface area contributed by atoms with Crippen molar-refractivity contribution in [2.45, 2.75) is 39.2 Å². The summed E-state index contributed by atoms with van der Waals surface area (Å²) >= 11 is 0. The Hall–Kier alpha value is -2.92. The van der Waals surface area contributed by atoms with Crippen molar-refractivity contribution in [3.05, 3.63) is 88.7 Å². The van der Waals surface area contributed by atoms with Crippen molar-refractivity contribution in [3.8, 4) is 0 Å². The van der Waals surface area contributed by atoms with E-state index in [0.29, 0.717) is 18.8 Å². The fourth-order valence-electron chi connectivity index (χ4n) is 4.38. The zero-order chi connectivity index (χ0) is 22.9. The number of carbonyl (C=O) groups is 1. The van der Waals surface area contributed by atoms with Crippen molar-refractivity contribution in [2.75, 3.05) is 26.2 Å². The molecule has 1 aliphatic heterocycles. The number of aryl methyl sites for hydroxylation is 2. The third kappa shape index (κ3) is 4.63. The van der Waals surface area contributed by atoms with Gasteiger partial charge in [0.15, 0.2) is 0 Å². The predicted molar refractivity (Wildman–Crippen MR) is 129 cm³/mol. The number of aromatic nitrogens is 2. The summed E-state index contributed by atoms with van der Waals surface area (Å²) in [5, 5.41) is 4.59. The zero-order valence-corrected chi connectivity index (χ0v) is 19.9. The van der Waals surface area contributed by atoms with Gasteiger partial charge in [0, 0.05) is 38.6 Å². The fourth-order valence-corrected chi connectivity index (χ4v) is 4.38. The van der Waals surface area contributed by atoms with Crippen LogP contribution in [-0.4, -0.2) is 51.7 Å². The van der Waals surface area contributed by atoms with Crippen LogP contribution in [0, 0.1) is 6.92 Å². The average Bonchev–Trinajstić information content (AvgIpc) is 3.18. The number of piperazine rings is 1. The van der Waals surface area contributed by atoms with Crippen LogP contribution in [-0.2, 0) is 12.5 Å². The molecule has 168 valence electrons. The fraction of sp³-hybridized carbons (Fsp3) is 0.407. The van der Waals surface area contributed by atoms with E-state index in [-0.39, 0.29) is 17.4 Å². The van der Waals surface area contributed by atoms with Gasteiger partial charge in [-0.2, -0.15) is 5.10 Å². The van der Waals surface area contributed by atoms with Gasteiger partial charge in [-0.3, -0.25) is 14.4 Å². The molecular formula is C27H34N4O. The Morgan fingerprint density at radius 1 is 0.906 bits per heavy atom. The van der Waals surface area contributed by atoms with Gasteiger partial charge in [0.05, 0.1) is 11.7 Å². The van der Waals surface area contributed by atoms with Gasteiger partial charge >= 0.3 is 0 Å². The molecular weight excluding hydrogens is 396 g/mol. The Kier molecular flexibility index (Phi) is 6.20. The summed E-state index contributed by atoms with van der Waals surface area (Å²) in [6.07, 6.45) is 0. The number of hydrogen-bond acceptors (Lipinski definition) is 3. The van der Waals surface area contributed by atoms with E-state index < -0.39 is 0 Å². The smallest absolute Gasteiger partial charge is 0.272 e. The van der Waals surface area contributed by atoms with Crippen LogP contribution >= 0.6 is 0 Å². The monoisotopic (exact) mass is 430 g/mol. The molecule has 1 atom stereocenters. The molecule has 0 unspecified atom stereocenters. The first-order chi connectivity index (χ1) is 15.2. The number of carbonyl (C=O) groups excluding carboxylic acids is 1. The van der Waals surface area contributed by atoms with Gasteiger partial charge in [-0.1, -0.05) is 80.9 Å². The highest BCUT2D eigenvalue weighted by Gasteiger charge is 2.30. The second kappa shape index (κ2) is 8.91. The molecule has 0 aliphatic carbocycles. The minimum absolute atomic E-state index is 0.0711. The standard InChI is InChI=1S/C27H34N4O/c1-20-11-13-22(14-12-20)25(21-9-7-6-8-10-21)30-15-17-31(18-16-30)26(32)23-19-24(27(2,3)4)28-29(23)5/h6-14,19,25H,15-18H2,1-5H3/t25-/m1/s1. The lowest BCUT2D eigenvalue weighted by Crippen LogP contribution is -2.50. The number of rotatable bonds is 4. The van der Waals surface area contributed by atoms with E-state index in [2.05, 4.69) is 92.3 Å². The maximum absolute atomic E-state index is 13.3. The summed E-state index contributed by atoms with van der Waals surface area (Å²) in [7, 11) is 1.86. The first-order valence-electron chi connectivity index (χ1n) is 11.4. The number of hydrogen-bond donors (Lipinski definition) is 0. The number of nitrogens with zero attached hydrogens (tertiary/aromatic N) is 4. The highest BCUT2D eigenvalue weighted by atomic mass is 16.2. The molecule has 1 amide bonds. The van der Waals surface area contributed by atoms with Crippen molar-refractivity contribution in [1.82, 2.24) is 19.6 Å². The van der Waals surface area contributed by atoms with Gasteiger partial charge in [-0.25, -0.2) is 0 Å². The lowest BCUT2D eigenvalue weighted by Gasteiger charge is -2.39. The third-order valence-corrected chi connectivity index (χ3v) is 6.34. The summed E-state index contributed by atoms with van der Waals surface area (Å²) in [6.45, 7) is 11.6. The quantitative estimate of drug-likeness (QED) is 0.609. The van der Waals surface area contributed by atoms with E-state index in [4.69, 9.17) is 0 Å². The second-order valence-corrected chi connectivity index (χ2v) is 9.84. The van der Waals surface area contributed by atoms with Crippen LogP contribution in [0.25, 0.3) is 0 Å². The van der Waals surface area contributed by atoms with E-state index >= 15 is 0 Å². The number of amides is 1. The Labute approximate surface area is 191 Å². The normalized spacial score (nSPS) is 16.2. The molecule has 3 aromatic rings. The van der Waals surface area contributed by atoms with E-state index in [1.165, 1.54) is 16.7 Å². The second-order valence-electron chi connectivity index (χ2n) is 9.84. The van der Waals surface area contributed by atoms with Crippen molar-refractivity contribution >= 4 is 5.91 Å². The predicted octanol–water partition coefficient (Wildman–Crippen LogP) is 4.57. The SMILES string of the molecule is Cc1ccc([C@@H](c2ccccc2)N2CCN(C(=O)c3cc(C(C)(C)C)nn3C)CC2)cc1. The Morgan fingerprint density at radius 3 is 2.06 bits per heavy atom. The molecule has 0 bridgehead atoms. The van der Waals surface area contributed by atoms with Gasteiger partial charge in [-0.05, 0) is 24.1 Å². The van der Waals surface area contributed by atoms with Crippen molar-refractivity contribution < 1.29 is 4.79 Å². The molecule has 0 radical (unpaired) electrons. The van der Waals surface area contributed by atoms with Gasteiger partial charge in [0.2, 0.25) is 0 Å². The largest absolute Gasteiger partial charge is 0.335 e. The summed E-state index contributed by atoms with van der Waals surface area (Å²) in [6, 6.07) is 21.6. The van der Waals surface area contributed by atoms with E-state index in [1.807, 2.05) is 18.0 Å². The van der Waals surface area contributed by atoms with Gasteiger partial charge < -0.3 is 4.90 Å². The van der Waals surface area contributed by atoms with Gasteiger partial charge in [0.25, 0.3) is 5.91 Å². The average molecular weight is 431 g/mol. The minimum Gasteiger partial charge on any atom is -0.335 e. The molecule has 0 N–H and O–H groups in total. The van der Waals surface area contributed by atoms with Crippen molar-refractivity contribution in [1.29, 1.82) is 0 Å². The maximum atomic E-state index is 13.3. The van der Waals surface area contributed by atoms with Crippen molar-refractivity contribution in [2.24, 2.45) is 7.05 Å². The molecule has 2 heterocycles. The first kappa shape index (κ1) is 22.3. The van der Waals surface area contributed by atoms with E-state index in [1.54, 1.807) is 4.68 Å². The zero-order valence-electron chi connectivity index (χ0n) is 19.9. The van der Waals surface area contributed by atoms with Crippen LogP contribution in [0.4, 0.5) is 0 Å². The molecule has 1 aliphatic rings. The number of benzene rings is 2. The lowest BCUT2D eigenvalue weighted by atomic mass is 9.92. The van der Waals surface area contributed by atoms with Crippen LogP contribution in [0.3, 0.4) is 0 Å². The van der Waals surface area contributed by atoms with Gasteiger partial charge in [-0.15, -0.1) is 0 Å².